The number of benzene rings is 2. The minimum Gasteiger partial charge on any atom is -0.481 e. The second-order valence-corrected chi connectivity index (χ2v) is 6.52. The summed E-state index contributed by atoms with van der Waals surface area (Å²) >= 11 is 0. The van der Waals surface area contributed by atoms with Crippen molar-refractivity contribution >= 4 is 11.9 Å². The highest BCUT2D eigenvalue weighted by Crippen LogP contribution is 2.25. The van der Waals surface area contributed by atoms with E-state index in [4.69, 9.17) is 14.9 Å². The van der Waals surface area contributed by atoms with E-state index in [0.29, 0.717) is 0 Å². The van der Waals surface area contributed by atoms with Gasteiger partial charge < -0.3 is 19.8 Å². The summed E-state index contributed by atoms with van der Waals surface area (Å²) in [6.07, 6.45) is 0.103. The summed E-state index contributed by atoms with van der Waals surface area (Å²) in [5.41, 5.74) is 2.40. The first kappa shape index (κ1) is 23.3. The molecule has 0 bridgehead atoms. The second-order valence-electron chi connectivity index (χ2n) is 6.52. The molecule has 0 spiro atoms. The lowest BCUT2D eigenvalue weighted by molar-refractivity contribution is -0.138. The van der Waals surface area contributed by atoms with Crippen LogP contribution in [0.5, 0.6) is 0 Å². The fourth-order valence-electron chi connectivity index (χ4n) is 2.38. The Kier molecular flexibility index (Phi) is 11.2. The minimum atomic E-state index is -0.948. The van der Waals surface area contributed by atoms with Crippen LogP contribution in [0.3, 0.4) is 0 Å². The maximum absolute atomic E-state index is 9.79. The molecule has 6 heteroatoms. The van der Waals surface area contributed by atoms with Crippen LogP contribution in [0.15, 0.2) is 60.7 Å². The van der Waals surface area contributed by atoms with Gasteiger partial charge in [0.05, 0.1) is 6.61 Å². The summed E-state index contributed by atoms with van der Waals surface area (Å²) in [6.45, 7) is 1.65. The average molecular weight is 387 g/mol. The predicted octanol–water partition coefficient (Wildman–Crippen LogP) is 3.68. The van der Waals surface area contributed by atoms with Crippen molar-refractivity contribution in [2.45, 2.75) is 25.4 Å². The summed E-state index contributed by atoms with van der Waals surface area (Å²) in [5, 5.41) is 16.1. The first-order valence-corrected chi connectivity index (χ1v) is 9.20. The topological polar surface area (TPSA) is 87.1 Å². The van der Waals surface area contributed by atoms with Crippen molar-refractivity contribution in [1.82, 2.24) is 4.90 Å². The highest BCUT2D eigenvalue weighted by atomic mass is 16.5. The third-order valence-electron chi connectivity index (χ3n) is 3.81. The van der Waals surface area contributed by atoms with Crippen LogP contribution in [0.1, 0.15) is 36.5 Å². The van der Waals surface area contributed by atoms with Gasteiger partial charge >= 0.3 is 11.9 Å². The highest BCUT2D eigenvalue weighted by molar-refractivity contribution is 5.69. The van der Waals surface area contributed by atoms with Crippen LogP contribution in [-0.4, -0.2) is 54.3 Å². The van der Waals surface area contributed by atoms with E-state index < -0.39 is 11.9 Å². The van der Waals surface area contributed by atoms with Gasteiger partial charge in [0, 0.05) is 19.4 Å². The smallest absolute Gasteiger partial charge is 0.303 e. The number of carboxylic acid groups (broad SMARTS) is 2. The number of carboxylic acids is 2. The summed E-state index contributed by atoms with van der Waals surface area (Å²) in [5.74, 6) is -1.90. The Bertz CT molecular complexity index is 635. The number of ether oxygens (including phenoxy) is 1. The van der Waals surface area contributed by atoms with E-state index >= 15 is 0 Å². The van der Waals surface area contributed by atoms with E-state index in [0.717, 1.165) is 13.2 Å². The largest absolute Gasteiger partial charge is 0.481 e. The molecule has 152 valence electrons. The first-order chi connectivity index (χ1) is 13.4. The normalized spacial score (nSPS) is 10.4. The van der Waals surface area contributed by atoms with Crippen LogP contribution >= 0.6 is 0 Å². The molecule has 0 fully saturated rings. The molecule has 0 radical (unpaired) electrons. The Labute approximate surface area is 166 Å². The lowest BCUT2D eigenvalue weighted by Crippen LogP contribution is -2.20. The van der Waals surface area contributed by atoms with E-state index in [9.17, 15) is 9.59 Å². The SMILES string of the molecule is CN(C)CCOC(c1ccccc1)c1ccccc1.O=C(O)CCCC(=O)O. The molecular weight excluding hydrogens is 358 g/mol. The van der Waals surface area contributed by atoms with Gasteiger partial charge in [0.15, 0.2) is 0 Å². The van der Waals surface area contributed by atoms with Crippen molar-refractivity contribution in [3.63, 3.8) is 0 Å². The molecule has 0 atom stereocenters. The molecule has 2 rings (SSSR count). The number of likely N-dealkylation sites (N-methyl/N-ethyl adjacent to an activating group) is 1. The summed E-state index contributed by atoms with van der Waals surface area (Å²) in [7, 11) is 4.12. The zero-order valence-corrected chi connectivity index (χ0v) is 16.5. The van der Waals surface area contributed by atoms with Gasteiger partial charge in [-0.25, -0.2) is 0 Å². The molecule has 0 aliphatic rings. The van der Waals surface area contributed by atoms with Gasteiger partial charge in [-0.3, -0.25) is 9.59 Å². The van der Waals surface area contributed by atoms with Crippen LogP contribution in [0, 0.1) is 0 Å². The van der Waals surface area contributed by atoms with E-state index in [2.05, 4.69) is 67.5 Å². The monoisotopic (exact) mass is 387 g/mol. The summed E-state index contributed by atoms with van der Waals surface area (Å²) in [6, 6.07) is 20.8. The van der Waals surface area contributed by atoms with Crippen molar-refractivity contribution in [3.05, 3.63) is 71.8 Å². The number of rotatable bonds is 10. The minimum absolute atomic E-state index is 0.0161. The third kappa shape index (κ3) is 10.4. The zero-order valence-electron chi connectivity index (χ0n) is 16.5. The van der Waals surface area contributed by atoms with Crippen LogP contribution in [0.4, 0.5) is 0 Å². The molecule has 28 heavy (non-hydrogen) atoms. The Morgan fingerprint density at radius 3 is 1.64 bits per heavy atom. The van der Waals surface area contributed by atoms with Gasteiger partial charge in [-0.2, -0.15) is 0 Å². The van der Waals surface area contributed by atoms with Crippen LogP contribution < -0.4 is 0 Å². The molecule has 0 heterocycles. The van der Waals surface area contributed by atoms with Crippen molar-refractivity contribution in [2.24, 2.45) is 0 Å². The predicted molar refractivity (Wildman–Crippen MR) is 108 cm³/mol. The number of hydrogen-bond donors (Lipinski definition) is 2. The van der Waals surface area contributed by atoms with E-state index in [1.54, 1.807) is 0 Å². The quantitative estimate of drug-likeness (QED) is 0.647. The highest BCUT2D eigenvalue weighted by Gasteiger charge is 2.13. The van der Waals surface area contributed by atoms with E-state index in [1.807, 2.05) is 12.1 Å². The maximum atomic E-state index is 9.79. The van der Waals surface area contributed by atoms with E-state index in [1.165, 1.54) is 11.1 Å². The standard InChI is InChI=1S/C17H21NO.C5H8O4/c1-18(2)13-14-19-17(15-9-5-3-6-10-15)16-11-7-4-8-12-16;6-4(7)2-1-3-5(8)9/h3-12,17H,13-14H2,1-2H3;1-3H2,(H,6,7)(H,8,9). The molecule has 0 aromatic heterocycles. The fourth-order valence-corrected chi connectivity index (χ4v) is 2.38. The molecule has 0 amide bonds. The fraction of sp³-hybridized carbons (Fsp3) is 0.364. The Balaban J connectivity index is 0.000000370. The third-order valence-corrected chi connectivity index (χ3v) is 3.81. The van der Waals surface area contributed by atoms with Crippen molar-refractivity contribution in [3.8, 4) is 0 Å². The summed E-state index contributed by atoms with van der Waals surface area (Å²) < 4.78 is 6.08. The molecule has 0 saturated carbocycles. The first-order valence-electron chi connectivity index (χ1n) is 9.20. The van der Waals surface area contributed by atoms with Crippen LogP contribution in [0.2, 0.25) is 0 Å². The molecule has 6 nitrogen and oxygen atoms in total. The number of aliphatic carboxylic acids is 2. The van der Waals surface area contributed by atoms with Gasteiger partial charge in [-0.05, 0) is 31.6 Å². The number of nitrogens with zero attached hydrogens (tertiary/aromatic N) is 1. The summed E-state index contributed by atoms with van der Waals surface area (Å²) in [4.78, 5) is 21.7. The van der Waals surface area contributed by atoms with E-state index in [-0.39, 0.29) is 25.4 Å². The van der Waals surface area contributed by atoms with Crippen molar-refractivity contribution in [2.75, 3.05) is 27.2 Å². The lowest BCUT2D eigenvalue weighted by atomic mass is 10.0. The van der Waals surface area contributed by atoms with Crippen LogP contribution in [0.25, 0.3) is 0 Å². The van der Waals surface area contributed by atoms with Crippen LogP contribution in [-0.2, 0) is 14.3 Å². The zero-order chi connectivity index (χ0) is 20.8. The molecule has 0 saturated heterocycles. The van der Waals surface area contributed by atoms with Gasteiger partial charge in [0.2, 0.25) is 0 Å². The van der Waals surface area contributed by atoms with Crippen molar-refractivity contribution < 1.29 is 24.5 Å². The number of carbonyl (C=O) groups is 2. The molecule has 2 N–H and O–H groups in total. The van der Waals surface area contributed by atoms with Gasteiger partial charge in [0.25, 0.3) is 0 Å². The Morgan fingerprint density at radius 1 is 0.857 bits per heavy atom. The van der Waals surface area contributed by atoms with Gasteiger partial charge in [-0.15, -0.1) is 0 Å². The molecule has 0 aliphatic carbocycles. The molecule has 2 aromatic carbocycles. The maximum Gasteiger partial charge on any atom is 0.303 e. The molecular formula is C22H29NO5. The molecule has 0 unspecified atom stereocenters. The lowest BCUT2D eigenvalue weighted by Gasteiger charge is -2.20. The average Bonchev–Trinajstić information content (AvgIpc) is 2.66. The van der Waals surface area contributed by atoms with Gasteiger partial charge in [0.1, 0.15) is 6.10 Å². The Morgan fingerprint density at radius 2 is 1.29 bits per heavy atom. The number of hydrogen-bond acceptors (Lipinski definition) is 4. The second kappa shape index (κ2) is 13.5. The molecule has 0 aliphatic heterocycles. The Hall–Kier alpha value is -2.70. The molecule has 2 aromatic rings. The van der Waals surface area contributed by atoms with Gasteiger partial charge in [-0.1, -0.05) is 60.7 Å². The van der Waals surface area contributed by atoms with Crippen molar-refractivity contribution in [1.29, 1.82) is 0 Å².